The van der Waals surface area contributed by atoms with E-state index in [4.69, 9.17) is 4.98 Å². The second kappa shape index (κ2) is 6.56. The van der Waals surface area contributed by atoms with Gasteiger partial charge < -0.3 is 4.57 Å². The van der Waals surface area contributed by atoms with Crippen molar-refractivity contribution in [3.63, 3.8) is 0 Å². The van der Waals surface area contributed by atoms with E-state index in [0.717, 1.165) is 29.7 Å². The molecule has 0 atom stereocenters. The normalized spacial score (nSPS) is 11.1. The van der Waals surface area contributed by atoms with Gasteiger partial charge in [0, 0.05) is 22.8 Å². The highest BCUT2D eigenvalue weighted by atomic mass is 15.0. The third-order valence-corrected chi connectivity index (χ3v) is 4.87. The predicted octanol–water partition coefficient (Wildman–Crippen LogP) is 5.82. The van der Waals surface area contributed by atoms with Gasteiger partial charge in [-0.25, -0.2) is 0 Å². The quantitative estimate of drug-likeness (QED) is 0.462. The molecule has 2 aromatic heterocycles. The lowest BCUT2D eigenvalue weighted by atomic mass is 9.94. The minimum Gasteiger partial charge on any atom is -0.315 e. The van der Waals surface area contributed by atoms with E-state index in [1.807, 2.05) is 12.3 Å². The molecule has 2 heterocycles. The van der Waals surface area contributed by atoms with E-state index in [2.05, 4.69) is 79.2 Å². The van der Waals surface area contributed by atoms with Crippen molar-refractivity contribution in [1.82, 2.24) is 9.55 Å². The Balaban J connectivity index is 1.87. The van der Waals surface area contributed by atoms with Gasteiger partial charge in [0.1, 0.15) is 0 Å². The first-order chi connectivity index (χ1) is 12.3. The fourth-order valence-electron chi connectivity index (χ4n) is 3.56. The second-order valence-corrected chi connectivity index (χ2v) is 6.31. The summed E-state index contributed by atoms with van der Waals surface area (Å²) in [5.74, 6) is 0. The number of aromatic nitrogens is 2. The number of para-hydroxylation sites is 1. The minimum atomic E-state index is 1.02. The lowest BCUT2D eigenvalue weighted by molar-refractivity contribution is 1.08. The number of hydrogen-bond donors (Lipinski definition) is 0. The maximum Gasteiger partial charge on any atom is 0.0715 e. The van der Waals surface area contributed by atoms with Gasteiger partial charge in [-0.15, -0.1) is 0 Å². The van der Waals surface area contributed by atoms with Crippen molar-refractivity contribution in [1.29, 1.82) is 0 Å². The zero-order valence-corrected chi connectivity index (χ0v) is 14.7. The molecule has 4 rings (SSSR count). The molecule has 4 aromatic rings. The monoisotopic (exact) mass is 326 g/mol. The van der Waals surface area contributed by atoms with Gasteiger partial charge in [0.05, 0.1) is 17.4 Å². The van der Waals surface area contributed by atoms with Crippen molar-refractivity contribution in [2.24, 2.45) is 0 Å². The molecule has 0 fully saturated rings. The molecular weight excluding hydrogens is 304 g/mol. The summed E-state index contributed by atoms with van der Waals surface area (Å²) in [6.07, 6.45) is 6.17. The van der Waals surface area contributed by atoms with Gasteiger partial charge in [0.2, 0.25) is 0 Å². The summed E-state index contributed by atoms with van der Waals surface area (Å²) in [4.78, 5) is 4.83. The van der Waals surface area contributed by atoms with Gasteiger partial charge in [0.25, 0.3) is 0 Å². The Bertz CT molecular complexity index is 991. The van der Waals surface area contributed by atoms with Gasteiger partial charge in [-0.1, -0.05) is 50.2 Å². The first kappa shape index (κ1) is 15.6. The lowest BCUT2D eigenvalue weighted by Gasteiger charge is -2.13. The molecule has 0 saturated heterocycles. The summed E-state index contributed by atoms with van der Waals surface area (Å²) in [6, 6.07) is 21.4. The average molecular weight is 326 g/mol. The summed E-state index contributed by atoms with van der Waals surface area (Å²) in [7, 11) is 0. The molecule has 0 saturated carbocycles. The van der Waals surface area contributed by atoms with Crippen molar-refractivity contribution in [2.45, 2.75) is 26.7 Å². The van der Waals surface area contributed by atoms with Crippen LogP contribution in [0.2, 0.25) is 0 Å². The molecule has 0 spiro atoms. The molecule has 2 nitrogen and oxygen atoms in total. The lowest BCUT2D eigenvalue weighted by Crippen LogP contribution is -1.97. The number of hydrogen-bond acceptors (Lipinski definition) is 1. The van der Waals surface area contributed by atoms with E-state index in [1.165, 1.54) is 22.1 Å². The Morgan fingerprint density at radius 2 is 1.56 bits per heavy atom. The van der Waals surface area contributed by atoms with Gasteiger partial charge in [-0.05, 0) is 48.2 Å². The molecule has 0 radical (unpaired) electrons. The maximum atomic E-state index is 4.83. The highest BCUT2D eigenvalue weighted by Gasteiger charge is 2.12. The van der Waals surface area contributed by atoms with Crippen LogP contribution in [0.1, 0.15) is 25.0 Å². The summed E-state index contributed by atoms with van der Waals surface area (Å²) >= 11 is 0. The number of rotatable bonds is 4. The predicted molar refractivity (Wildman–Crippen MR) is 105 cm³/mol. The largest absolute Gasteiger partial charge is 0.315 e. The van der Waals surface area contributed by atoms with E-state index in [9.17, 15) is 0 Å². The summed E-state index contributed by atoms with van der Waals surface area (Å²) < 4.78 is 2.19. The number of aryl methyl sites for hydroxylation is 2. The van der Waals surface area contributed by atoms with Crippen LogP contribution >= 0.6 is 0 Å². The minimum absolute atomic E-state index is 1.02. The van der Waals surface area contributed by atoms with E-state index in [0.29, 0.717) is 0 Å². The van der Waals surface area contributed by atoms with Gasteiger partial charge in [0.15, 0.2) is 0 Å². The average Bonchev–Trinajstić information content (AvgIpc) is 3.11. The first-order valence-corrected chi connectivity index (χ1v) is 8.95. The Morgan fingerprint density at radius 1 is 0.840 bits per heavy atom. The molecule has 2 heteroatoms. The van der Waals surface area contributed by atoms with Crippen LogP contribution < -0.4 is 0 Å². The number of pyridine rings is 1. The molecule has 0 aliphatic heterocycles. The van der Waals surface area contributed by atoms with Crippen molar-refractivity contribution in [2.75, 3.05) is 0 Å². The third kappa shape index (κ3) is 2.74. The smallest absolute Gasteiger partial charge is 0.0715 e. The fraction of sp³-hybridized carbons (Fsp3) is 0.174. The molecule has 25 heavy (non-hydrogen) atoms. The highest BCUT2D eigenvalue weighted by Crippen LogP contribution is 2.30. The molecule has 0 bridgehead atoms. The molecule has 0 N–H and O–H groups in total. The maximum absolute atomic E-state index is 4.83. The van der Waals surface area contributed by atoms with Crippen LogP contribution in [0.5, 0.6) is 0 Å². The number of benzene rings is 2. The van der Waals surface area contributed by atoms with Crippen molar-refractivity contribution < 1.29 is 0 Å². The second-order valence-electron chi connectivity index (χ2n) is 6.31. The fourth-order valence-corrected chi connectivity index (χ4v) is 3.56. The van der Waals surface area contributed by atoms with Crippen LogP contribution in [0.4, 0.5) is 0 Å². The van der Waals surface area contributed by atoms with Crippen LogP contribution in [0.3, 0.4) is 0 Å². The van der Waals surface area contributed by atoms with Crippen LogP contribution in [0.25, 0.3) is 27.8 Å². The summed E-state index contributed by atoms with van der Waals surface area (Å²) in [6.45, 7) is 4.42. The standard InChI is InChI=1S/C23H22N2/c1-3-17-9-8-10-18(4-2)23(17)21-15-19-13-14-25(22(19)16-24-21)20-11-6-5-7-12-20/h5-16H,3-4H2,1-2H3. The van der Waals surface area contributed by atoms with Crippen LogP contribution in [0.15, 0.2) is 73.1 Å². The van der Waals surface area contributed by atoms with Gasteiger partial charge >= 0.3 is 0 Å². The van der Waals surface area contributed by atoms with E-state index in [1.54, 1.807) is 0 Å². The third-order valence-electron chi connectivity index (χ3n) is 4.87. The van der Waals surface area contributed by atoms with E-state index in [-0.39, 0.29) is 0 Å². The van der Waals surface area contributed by atoms with Crippen LogP contribution in [0, 0.1) is 0 Å². The van der Waals surface area contributed by atoms with Gasteiger partial charge in [-0.3, -0.25) is 4.98 Å². The molecule has 0 amide bonds. The highest BCUT2D eigenvalue weighted by molar-refractivity contribution is 5.85. The van der Waals surface area contributed by atoms with Gasteiger partial charge in [-0.2, -0.15) is 0 Å². The SMILES string of the molecule is CCc1cccc(CC)c1-c1cc2ccn(-c3ccccc3)c2cn1. The summed E-state index contributed by atoms with van der Waals surface area (Å²) in [5, 5.41) is 1.22. The molecule has 124 valence electrons. The topological polar surface area (TPSA) is 17.8 Å². The first-order valence-electron chi connectivity index (χ1n) is 8.95. The molecule has 0 aliphatic carbocycles. The number of nitrogens with zero attached hydrogens (tertiary/aromatic N) is 2. The zero-order chi connectivity index (χ0) is 17.2. The van der Waals surface area contributed by atoms with Crippen LogP contribution in [-0.4, -0.2) is 9.55 Å². The molecule has 0 unspecified atom stereocenters. The Labute approximate surface area is 148 Å². The Kier molecular flexibility index (Phi) is 4.10. The number of fused-ring (bicyclic) bond motifs is 1. The van der Waals surface area contributed by atoms with E-state index < -0.39 is 0 Å². The van der Waals surface area contributed by atoms with Crippen molar-refractivity contribution in [3.8, 4) is 16.9 Å². The molecular formula is C23H22N2. The Hall–Kier alpha value is -2.87. The summed E-state index contributed by atoms with van der Waals surface area (Å²) in [5.41, 5.74) is 7.43. The Morgan fingerprint density at radius 3 is 2.24 bits per heavy atom. The molecule has 0 aliphatic rings. The van der Waals surface area contributed by atoms with E-state index >= 15 is 0 Å². The molecule has 2 aromatic carbocycles. The van der Waals surface area contributed by atoms with Crippen LogP contribution in [-0.2, 0) is 12.8 Å². The van der Waals surface area contributed by atoms with Crippen molar-refractivity contribution in [3.05, 3.63) is 84.2 Å². The van der Waals surface area contributed by atoms with Crippen molar-refractivity contribution >= 4 is 10.9 Å². The zero-order valence-electron chi connectivity index (χ0n) is 14.7.